The van der Waals surface area contributed by atoms with Crippen molar-refractivity contribution in [2.45, 2.75) is 6.54 Å². The predicted molar refractivity (Wildman–Crippen MR) is 89.9 cm³/mol. The van der Waals surface area contributed by atoms with Crippen LogP contribution in [0.1, 0.15) is 5.56 Å². The maximum Gasteiger partial charge on any atom is 0.277 e. The number of benzene rings is 2. The molecule has 1 N–H and O–H groups in total. The van der Waals surface area contributed by atoms with Gasteiger partial charge in [-0.3, -0.25) is 9.36 Å². The van der Waals surface area contributed by atoms with Gasteiger partial charge in [-0.15, -0.1) is 0 Å². The largest absolute Gasteiger partial charge is 0.497 e. The normalized spacial score (nSPS) is 11.2. The fraction of sp³-hybridized carbons (Fsp3) is 0.111. The Morgan fingerprint density at radius 3 is 2.75 bits per heavy atom. The van der Waals surface area contributed by atoms with Gasteiger partial charge in [0.2, 0.25) is 0 Å². The molecule has 0 spiro atoms. The molecule has 0 aliphatic carbocycles. The van der Waals surface area contributed by atoms with Crippen molar-refractivity contribution in [2.24, 2.45) is 0 Å². The number of aromatic amines is 1. The third-order valence-corrected chi connectivity index (χ3v) is 4.05. The average Bonchev–Trinajstić information content (AvgIpc) is 2.97. The average molecular weight is 323 g/mol. The second-order valence-corrected chi connectivity index (χ2v) is 5.56. The molecule has 0 fully saturated rings. The first kappa shape index (κ1) is 14.4. The molecule has 0 atom stereocenters. The van der Waals surface area contributed by atoms with Gasteiger partial charge in [0.25, 0.3) is 5.56 Å². The lowest BCUT2D eigenvalue weighted by Gasteiger charge is -2.06. The summed E-state index contributed by atoms with van der Waals surface area (Å²) in [6, 6.07) is 11.8. The van der Waals surface area contributed by atoms with Crippen molar-refractivity contribution < 1.29 is 9.13 Å². The van der Waals surface area contributed by atoms with Gasteiger partial charge >= 0.3 is 0 Å². The summed E-state index contributed by atoms with van der Waals surface area (Å²) >= 11 is 0. The lowest BCUT2D eigenvalue weighted by molar-refractivity contribution is 0.414. The zero-order chi connectivity index (χ0) is 16.7. The molecule has 0 saturated carbocycles. The molecule has 4 rings (SSSR count). The third kappa shape index (κ3) is 2.32. The Labute approximate surface area is 136 Å². The minimum atomic E-state index is -0.354. The first-order valence-electron chi connectivity index (χ1n) is 7.45. The lowest BCUT2D eigenvalue weighted by atomic mass is 10.2. The van der Waals surface area contributed by atoms with Crippen LogP contribution in [0.15, 0.2) is 53.6 Å². The van der Waals surface area contributed by atoms with Crippen LogP contribution in [0.5, 0.6) is 5.75 Å². The molecule has 0 saturated heterocycles. The summed E-state index contributed by atoms with van der Waals surface area (Å²) in [7, 11) is 1.61. The van der Waals surface area contributed by atoms with Gasteiger partial charge in [0.05, 0.1) is 20.0 Å². The fourth-order valence-electron chi connectivity index (χ4n) is 2.80. The van der Waals surface area contributed by atoms with Gasteiger partial charge in [-0.25, -0.2) is 9.37 Å². The van der Waals surface area contributed by atoms with Crippen LogP contribution in [0.4, 0.5) is 4.39 Å². The molecule has 2 aromatic carbocycles. The SMILES string of the molecule is COc1ccc(Cn2cnc3c([nH]c4ccc(F)cc43)c2=O)cc1. The number of fused-ring (bicyclic) bond motifs is 3. The molecule has 24 heavy (non-hydrogen) atoms. The van der Waals surface area contributed by atoms with Crippen molar-refractivity contribution in [1.29, 1.82) is 0 Å². The summed E-state index contributed by atoms with van der Waals surface area (Å²) in [5.41, 5.74) is 2.33. The highest BCUT2D eigenvalue weighted by Crippen LogP contribution is 2.22. The van der Waals surface area contributed by atoms with E-state index >= 15 is 0 Å². The van der Waals surface area contributed by atoms with Gasteiger partial charge in [-0.2, -0.15) is 0 Å². The number of H-pyrrole nitrogens is 1. The number of nitrogens with zero attached hydrogens (tertiary/aromatic N) is 2. The summed E-state index contributed by atoms with van der Waals surface area (Å²) < 4.78 is 20.1. The van der Waals surface area contributed by atoms with E-state index in [2.05, 4.69) is 9.97 Å². The Hall–Kier alpha value is -3.15. The van der Waals surface area contributed by atoms with Gasteiger partial charge in [-0.05, 0) is 35.9 Å². The van der Waals surface area contributed by atoms with Crippen molar-refractivity contribution in [3.05, 3.63) is 70.5 Å². The van der Waals surface area contributed by atoms with Crippen LogP contribution in [0.3, 0.4) is 0 Å². The molecule has 0 unspecified atom stereocenters. The van der Waals surface area contributed by atoms with Crippen molar-refractivity contribution in [3.63, 3.8) is 0 Å². The van der Waals surface area contributed by atoms with E-state index in [0.717, 1.165) is 11.3 Å². The highest BCUT2D eigenvalue weighted by molar-refractivity contribution is 6.04. The molecule has 0 amide bonds. The van der Waals surface area contributed by atoms with Gasteiger partial charge < -0.3 is 9.72 Å². The van der Waals surface area contributed by atoms with E-state index in [1.54, 1.807) is 13.2 Å². The second kappa shape index (κ2) is 5.49. The van der Waals surface area contributed by atoms with Gasteiger partial charge in [-0.1, -0.05) is 12.1 Å². The summed E-state index contributed by atoms with van der Waals surface area (Å²) in [6.45, 7) is 0.398. The first-order chi connectivity index (χ1) is 11.7. The number of hydrogen-bond donors (Lipinski definition) is 1. The lowest BCUT2D eigenvalue weighted by Crippen LogP contribution is -2.21. The van der Waals surface area contributed by atoms with Crippen molar-refractivity contribution >= 4 is 21.9 Å². The quantitative estimate of drug-likeness (QED) is 0.630. The van der Waals surface area contributed by atoms with Crippen LogP contribution in [0.2, 0.25) is 0 Å². The van der Waals surface area contributed by atoms with Crippen molar-refractivity contribution in [1.82, 2.24) is 14.5 Å². The highest BCUT2D eigenvalue weighted by Gasteiger charge is 2.11. The molecule has 0 bridgehead atoms. The van der Waals surface area contributed by atoms with Crippen LogP contribution in [0, 0.1) is 5.82 Å². The first-order valence-corrected chi connectivity index (χ1v) is 7.45. The summed E-state index contributed by atoms with van der Waals surface area (Å²) in [4.78, 5) is 20.1. The Bertz CT molecular complexity index is 1100. The Balaban J connectivity index is 1.80. The van der Waals surface area contributed by atoms with Crippen molar-refractivity contribution in [3.8, 4) is 5.75 Å². The number of halogens is 1. The maximum absolute atomic E-state index is 13.4. The topological polar surface area (TPSA) is 59.9 Å². The van der Waals surface area contributed by atoms with E-state index in [1.807, 2.05) is 24.3 Å². The minimum Gasteiger partial charge on any atom is -0.497 e. The van der Waals surface area contributed by atoms with E-state index in [1.165, 1.54) is 23.0 Å². The molecule has 6 heteroatoms. The van der Waals surface area contributed by atoms with Crippen LogP contribution in [-0.2, 0) is 6.54 Å². The third-order valence-electron chi connectivity index (χ3n) is 4.05. The molecule has 0 aliphatic rings. The zero-order valence-electron chi connectivity index (χ0n) is 12.9. The molecular weight excluding hydrogens is 309 g/mol. The number of hydrogen-bond acceptors (Lipinski definition) is 3. The van der Waals surface area contributed by atoms with E-state index in [0.29, 0.717) is 28.5 Å². The Morgan fingerprint density at radius 1 is 1.21 bits per heavy atom. The van der Waals surface area contributed by atoms with E-state index < -0.39 is 0 Å². The Morgan fingerprint density at radius 2 is 2.00 bits per heavy atom. The molecular formula is C18H14FN3O2. The fourth-order valence-corrected chi connectivity index (χ4v) is 2.80. The van der Waals surface area contributed by atoms with E-state index in [4.69, 9.17) is 4.74 Å². The molecule has 0 aliphatic heterocycles. The number of methoxy groups -OCH3 is 1. The molecule has 2 heterocycles. The second-order valence-electron chi connectivity index (χ2n) is 5.56. The maximum atomic E-state index is 13.4. The van der Waals surface area contributed by atoms with Crippen LogP contribution in [-0.4, -0.2) is 21.6 Å². The number of rotatable bonds is 3. The van der Waals surface area contributed by atoms with E-state index in [-0.39, 0.29) is 11.4 Å². The predicted octanol–water partition coefficient (Wildman–Crippen LogP) is 3.07. The molecule has 4 aromatic rings. The number of ether oxygens (including phenoxy) is 1. The standard InChI is InChI=1S/C18H14FN3O2/c1-24-13-5-2-11(3-6-13)9-22-10-20-16-14-8-12(19)4-7-15(14)21-17(16)18(22)23/h2-8,10,21H,9H2,1H3. The van der Waals surface area contributed by atoms with Crippen LogP contribution < -0.4 is 10.3 Å². The summed E-state index contributed by atoms with van der Waals surface area (Å²) in [5.74, 6) is 0.407. The highest BCUT2D eigenvalue weighted by atomic mass is 19.1. The Kier molecular flexibility index (Phi) is 3.30. The van der Waals surface area contributed by atoms with Crippen molar-refractivity contribution in [2.75, 3.05) is 7.11 Å². The zero-order valence-corrected chi connectivity index (χ0v) is 12.9. The van der Waals surface area contributed by atoms with Gasteiger partial charge in [0, 0.05) is 10.9 Å². The van der Waals surface area contributed by atoms with Crippen LogP contribution >= 0.6 is 0 Å². The number of nitrogens with one attached hydrogen (secondary N) is 1. The summed E-state index contributed by atoms with van der Waals surface area (Å²) in [5, 5.41) is 0.610. The van der Waals surface area contributed by atoms with Gasteiger partial charge in [0.15, 0.2) is 0 Å². The number of aromatic nitrogens is 3. The van der Waals surface area contributed by atoms with E-state index in [9.17, 15) is 9.18 Å². The molecule has 2 aromatic heterocycles. The smallest absolute Gasteiger partial charge is 0.277 e. The van der Waals surface area contributed by atoms with Crippen LogP contribution in [0.25, 0.3) is 21.9 Å². The minimum absolute atomic E-state index is 0.188. The monoisotopic (exact) mass is 323 g/mol. The summed E-state index contributed by atoms with van der Waals surface area (Å²) in [6.07, 6.45) is 1.49. The molecule has 5 nitrogen and oxygen atoms in total. The molecule has 120 valence electrons. The molecule has 0 radical (unpaired) electrons. The van der Waals surface area contributed by atoms with Gasteiger partial charge in [0.1, 0.15) is 22.6 Å².